The van der Waals surface area contributed by atoms with Crippen molar-refractivity contribution in [3.05, 3.63) is 41.3 Å². The van der Waals surface area contributed by atoms with Gasteiger partial charge in [0, 0.05) is 57.1 Å². The zero-order valence-corrected chi connectivity index (χ0v) is 26.7. The van der Waals surface area contributed by atoms with Crippen LogP contribution in [0.3, 0.4) is 0 Å². The van der Waals surface area contributed by atoms with Gasteiger partial charge in [-0.1, -0.05) is 24.6 Å². The summed E-state index contributed by atoms with van der Waals surface area (Å²) in [6.07, 6.45) is 1.72. The molecular formula is C31H41N9O7. The number of amides is 4. The number of aromatic amines is 1. The highest BCUT2D eigenvalue weighted by atomic mass is 16.6. The first-order valence-electron chi connectivity index (χ1n) is 16.0. The lowest BCUT2D eigenvalue weighted by molar-refractivity contribution is -0.135. The molecule has 16 nitrogen and oxygen atoms in total. The van der Waals surface area contributed by atoms with Gasteiger partial charge in [0.15, 0.2) is 12.4 Å². The molecule has 2 saturated heterocycles. The van der Waals surface area contributed by atoms with E-state index in [2.05, 4.69) is 30.9 Å². The molecule has 0 aliphatic carbocycles. The van der Waals surface area contributed by atoms with Gasteiger partial charge in [-0.05, 0) is 43.9 Å². The van der Waals surface area contributed by atoms with Crippen LogP contribution in [0.5, 0.6) is 5.75 Å². The number of carbonyl (C=O) groups excluding carboxylic acids is 4. The topological polar surface area (TPSA) is 196 Å². The van der Waals surface area contributed by atoms with E-state index >= 15 is 0 Å². The lowest BCUT2D eigenvalue weighted by Gasteiger charge is -2.36. The Morgan fingerprint density at radius 3 is 2.57 bits per heavy atom. The second-order valence-electron chi connectivity index (χ2n) is 11.8. The number of ether oxygens (including phenoxy) is 2. The van der Waals surface area contributed by atoms with E-state index in [1.54, 1.807) is 14.7 Å². The smallest absolute Gasteiger partial charge is 0.409 e. The van der Waals surface area contributed by atoms with Gasteiger partial charge < -0.3 is 34.6 Å². The van der Waals surface area contributed by atoms with Crippen LogP contribution in [0.15, 0.2) is 24.3 Å². The number of tetrazole rings is 1. The van der Waals surface area contributed by atoms with Crippen LogP contribution in [0.1, 0.15) is 54.5 Å². The number of aryl methyl sites for hydroxylation is 2. The molecule has 0 saturated carbocycles. The lowest BCUT2D eigenvalue weighted by Crippen LogP contribution is -2.56. The summed E-state index contributed by atoms with van der Waals surface area (Å²) in [6, 6.07) is 6.01. The fraction of sp³-hybridized carbons (Fsp3) is 0.548. The van der Waals surface area contributed by atoms with E-state index < -0.39 is 24.1 Å². The number of hydrogen-bond donors (Lipinski definition) is 3. The molecule has 2 aromatic heterocycles. The van der Waals surface area contributed by atoms with E-state index in [1.165, 1.54) is 6.07 Å². The Labute approximate surface area is 271 Å². The van der Waals surface area contributed by atoms with E-state index in [-0.39, 0.29) is 56.6 Å². The Morgan fingerprint density at radius 2 is 1.87 bits per heavy atom. The summed E-state index contributed by atoms with van der Waals surface area (Å²) in [5, 5.41) is 27.1. The minimum absolute atomic E-state index is 0.0131. The summed E-state index contributed by atoms with van der Waals surface area (Å²) in [6.45, 7) is 5.88. The minimum Gasteiger partial charge on any atom is -0.483 e. The monoisotopic (exact) mass is 651 g/mol. The molecule has 47 heavy (non-hydrogen) atoms. The van der Waals surface area contributed by atoms with E-state index in [4.69, 9.17) is 9.47 Å². The first kappa shape index (κ1) is 33.5. The van der Waals surface area contributed by atoms with Crippen LogP contribution in [0.25, 0.3) is 10.9 Å². The fourth-order valence-electron chi connectivity index (χ4n) is 5.52. The number of unbranched alkanes of at least 4 members (excludes halogenated alkanes) is 1. The number of benzene rings is 1. The van der Waals surface area contributed by atoms with Gasteiger partial charge in [-0.25, -0.2) is 9.78 Å². The number of rotatable bonds is 12. The third-order valence-corrected chi connectivity index (χ3v) is 8.25. The largest absolute Gasteiger partial charge is 0.483 e. The van der Waals surface area contributed by atoms with Gasteiger partial charge in [0.25, 0.3) is 11.8 Å². The van der Waals surface area contributed by atoms with Gasteiger partial charge in [0.2, 0.25) is 5.91 Å². The number of nitrogens with one attached hydrogen (secondary N) is 2. The van der Waals surface area contributed by atoms with Crippen LogP contribution < -0.4 is 10.1 Å². The standard InChI is InChI=1S/C31H41N9O7/c1-3-4-15-46-31(45)39-13-11-38(12-14-39)30(44)23(7-8-27-34-36-37-35-27)33-29(43)25-17-26(22-6-5-20(2)16-24(22)32-25)47-19-28(42)40-10-9-21(41)18-40/h5-6,16-17,21,23,41H,3-4,7-15,18-19H2,1-2H3,(H,33,43)(H,34,35,36,37)/t21-,23+/m1/s1. The number of nitrogens with zero attached hydrogens (tertiary/aromatic N) is 7. The average Bonchev–Trinajstić information content (AvgIpc) is 3.76. The van der Waals surface area contributed by atoms with Gasteiger partial charge in [-0.15, -0.1) is 10.2 Å². The molecule has 1 aromatic carbocycles. The summed E-state index contributed by atoms with van der Waals surface area (Å²) < 4.78 is 11.2. The number of piperazine rings is 1. The van der Waals surface area contributed by atoms with Crippen molar-refractivity contribution in [1.29, 1.82) is 0 Å². The SMILES string of the molecule is CCCCOC(=O)N1CCN(C(=O)[C@H](CCc2nn[nH]n2)NC(=O)c2cc(OCC(=O)N3CC[C@@H](O)C3)c3ccc(C)cc3n2)CC1. The number of aliphatic hydroxyl groups is 1. The molecular weight excluding hydrogens is 610 g/mol. The van der Waals surface area contributed by atoms with Crippen LogP contribution in [-0.4, -0.2) is 134 Å². The number of β-amino-alcohol motifs (C(OH)–C–C–N with tert-alkyl or cyclic N) is 1. The molecule has 4 heterocycles. The number of H-pyrrole nitrogens is 1. The molecule has 16 heteroatoms. The van der Waals surface area contributed by atoms with Crippen LogP contribution in [0.4, 0.5) is 4.79 Å². The predicted octanol–water partition coefficient (Wildman–Crippen LogP) is 0.840. The summed E-state index contributed by atoms with van der Waals surface area (Å²) in [5.41, 5.74) is 1.42. The van der Waals surface area contributed by atoms with E-state index in [0.29, 0.717) is 55.1 Å². The van der Waals surface area contributed by atoms with E-state index in [9.17, 15) is 24.3 Å². The minimum atomic E-state index is -0.952. The summed E-state index contributed by atoms with van der Waals surface area (Å²) >= 11 is 0. The van der Waals surface area contributed by atoms with Gasteiger partial charge in [0.05, 0.1) is 18.2 Å². The zero-order valence-electron chi connectivity index (χ0n) is 26.7. The highest BCUT2D eigenvalue weighted by Gasteiger charge is 2.31. The fourth-order valence-corrected chi connectivity index (χ4v) is 5.52. The van der Waals surface area contributed by atoms with E-state index in [0.717, 1.165) is 18.4 Å². The van der Waals surface area contributed by atoms with E-state index in [1.807, 2.05) is 32.0 Å². The van der Waals surface area contributed by atoms with Crippen molar-refractivity contribution >= 4 is 34.7 Å². The van der Waals surface area contributed by atoms with Crippen LogP contribution in [-0.2, 0) is 20.7 Å². The Balaban J connectivity index is 1.30. The normalized spacial score (nSPS) is 17.1. The molecule has 0 bridgehead atoms. The molecule has 2 aliphatic rings. The summed E-state index contributed by atoms with van der Waals surface area (Å²) in [5.74, 6) is -0.498. The first-order chi connectivity index (χ1) is 22.7. The van der Waals surface area contributed by atoms with Gasteiger partial charge in [-0.2, -0.15) is 5.21 Å². The number of carbonyl (C=O) groups is 4. The maximum absolute atomic E-state index is 13.8. The average molecular weight is 652 g/mol. The lowest BCUT2D eigenvalue weighted by atomic mass is 10.1. The molecule has 2 fully saturated rings. The molecule has 4 amide bonds. The second-order valence-corrected chi connectivity index (χ2v) is 11.8. The first-order valence-corrected chi connectivity index (χ1v) is 16.0. The third kappa shape index (κ3) is 8.69. The molecule has 0 spiro atoms. The number of hydrogen-bond acceptors (Lipinski definition) is 11. The highest BCUT2D eigenvalue weighted by Crippen LogP contribution is 2.27. The van der Waals surface area contributed by atoms with Gasteiger partial charge in [0.1, 0.15) is 17.5 Å². The molecule has 3 aromatic rings. The maximum Gasteiger partial charge on any atom is 0.409 e. The third-order valence-electron chi connectivity index (χ3n) is 8.25. The van der Waals surface area contributed by atoms with Crippen LogP contribution in [0, 0.1) is 6.92 Å². The second kappa shape index (κ2) is 15.6. The molecule has 252 valence electrons. The van der Waals surface area contributed by atoms with Gasteiger partial charge in [-0.3, -0.25) is 14.4 Å². The predicted molar refractivity (Wildman–Crippen MR) is 167 cm³/mol. The van der Waals surface area contributed by atoms with Crippen molar-refractivity contribution in [3.8, 4) is 5.75 Å². The number of aromatic nitrogens is 5. The Kier molecular flexibility index (Phi) is 11.1. The molecule has 2 atom stereocenters. The quantitative estimate of drug-likeness (QED) is 0.235. The molecule has 0 radical (unpaired) electrons. The van der Waals surface area contributed by atoms with Crippen molar-refractivity contribution in [1.82, 2.24) is 45.6 Å². The number of likely N-dealkylation sites (tertiary alicyclic amines) is 1. The summed E-state index contributed by atoms with van der Waals surface area (Å²) in [7, 11) is 0. The Morgan fingerprint density at radius 1 is 1.09 bits per heavy atom. The maximum atomic E-state index is 13.8. The van der Waals surface area contributed by atoms with Gasteiger partial charge >= 0.3 is 6.09 Å². The number of aliphatic hydroxyl groups excluding tert-OH is 1. The highest BCUT2D eigenvalue weighted by molar-refractivity contribution is 5.99. The van der Waals surface area contributed by atoms with Crippen LogP contribution >= 0.6 is 0 Å². The van der Waals surface area contributed by atoms with Crippen molar-refractivity contribution < 1.29 is 33.8 Å². The molecule has 3 N–H and O–H groups in total. The van der Waals surface area contributed by atoms with Crippen molar-refractivity contribution in [2.75, 3.05) is 52.5 Å². The molecule has 0 unspecified atom stereocenters. The van der Waals surface area contributed by atoms with Crippen molar-refractivity contribution in [2.45, 2.75) is 58.1 Å². The van der Waals surface area contributed by atoms with Crippen molar-refractivity contribution in [2.24, 2.45) is 0 Å². The Hall–Kier alpha value is -4.86. The molecule has 5 rings (SSSR count). The Bertz CT molecular complexity index is 1560. The molecule has 2 aliphatic heterocycles. The number of pyridine rings is 1. The van der Waals surface area contributed by atoms with Crippen LogP contribution in [0.2, 0.25) is 0 Å². The van der Waals surface area contributed by atoms with Crippen molar-refractivity contribution in [3.63, 3.8) is 0 Å². The number of fused-ring (bicyclic) bond motifs is 1. The zero-order chi connectivity index (χ0) is 33.3. The summed E-state index contributed by atoms with van der Waals surface area (Å²) in [4.78, 5) is 61.9.